The molecule has 2 rings (SSSR count). The Bertz CT molecular complexity index is 634. The molecule has 0 spiro atoms. The van der Waals surface area contributed by atoms with Crippen LogP contribution in [0.2, 0.25) is 0 Å². The van der Waals surface area contributed by atoms with Crippen LogP contribution in [0.1, 0.15) is 18.9 Å². The van der Waals surface area contributed by atoms with Crippen LogP contribution >= 0.6 is 0 Å². The van der Waals surface area contributed by atoms with E-state index in [9.17, 15) is 8.60 Å². The van der Waals surface area contributed by atoms with E-state index in [1.165, 1.54) is 6.07 Å². The van der Waals surface area contributed by atoms with Gasteiger partial charge in [-0.05, 0) is 49.6 Å². The topological polar surface area (TPSA) is 40.5 Å². The lowest BCUT2D eigenvalue weighted by Gasteiger charge is -2.23. The van der Waals surface area contributed by atoms with Gasteiger partial charge in [-0.1, -0.05) is 24.3 Å². The lowest BCUT2D eigenvalue weighted by Crippen LogP contribution is -2.24. The molecule has 1 unspecified atom stereocenters. The largest absolute Gasteiger partial charge is 0.372 e. The van der Waals surface area contributed by atoms with Crippen molar-refractivity contribution in [3.05, 3.63) is 59.9 Å². The second kappa shape index (κ2) is 8.06. The third-order valence-corrected chi connectivity index (χ3v) is 4.26. The average molecular weight is 321 g/mol. The van der Waals surface area contributed by atoms with Crippen LogP contribution in [-0.4, -0.2) is 21.9 Å². The summed E-state index contributed by atoms with van der Waals surface area (Å²) >= 11 is -2.14. The molecule has 0 saturated heterocycles. The van der Waals surface area contributed by atoms with Crippen molar-refractivity contribution in [1.82, 2.24) is 0 Å². The van der Waals surface area contributed by atoms with Crippen LogP contribution in [0.25, 0.3) is 0 Å². The van der Waals surface area contributed by atoms with E-state index in [1.807, 2.05) is 18.2 Å². The molecule has 0 aliphatic carbocycles. The third-order valence-electron chi connectivity index (χ3n) is 3.60. The highest BCUT2D eigenvalue weighted by molar-refractivity contribution is 7.79. The van der Waals surface area contributed by atoms with Crippen molar-refractivity contribution in [3.63, 3.8) is 0 Å². The van der Waals surface area contributed by atoms with Gasteiger partial charge in [0, 0.05) is 18.8 Å². The summed E-state index contributed by atoms with van der Waals surface area (Å²) in [5.74, 6) is -0.414. The molecule has 0 bridgehead atoms. The van der Waals surface area contributed by atoms with Gasteiger partial charge in [0.15, 0.2) is 11.1 Å². The predicted octanol–water partition coefficient (Wildman–Crippen LogP) is 3.87. The first-order valence-electron chi connectivity index (χ1n) is 7.31. The van der Waals surface area contributed by atoms with Gasteiger partial charge in [-0.3, -0.25) is 0 Å². The predicted molar refractivity (Wildman–Crippen MR) is 88.1 cm³/mol. The van der Waals surface area contributed by atoms with Crippen molar-refractivity contribution in [2.45, 2.75) is 24.7 Å². The van der Waals surface area contributed by atoms with Crippen molar-refractivity contribution < 1.29 is 13.2 Å². The Kier molecular flexibility index (Phi) is 6.10. The van der Waals surface area contributed by atoms with Gasteiger partial charge in [-0.2, -0.15) is 0 Å². The number of halogens is 1. The molecule has 118 valence electrons. The molecule has 0 aromatic heterocycles. The zero-order valence-electron chi connectivity index (χ0n) is 12.5. The van der Waals surface area contributed by atoms with Crippen LogP contribution in [0, 0.1) is 5.82 Å². The minimum Gasteiger partial charge on any atom is -0.372 e. The van der Waals surface area contributed by atoms with E-state index in [0.29, 0.717) is 12.0 Å². The van der Waals surface area contributed by atoms with Gasteiger partial charge in [0.25, 0.3) is 0 Å². The average Bonchev–Trinajstić information content (AvgIpc) is 2.53. The molecule has 0 heterocycles. The molecule has 2 aromatic rings. The van der Waals surface area contributed by atoms with Gasteiger partial charge in [-0.25, -0.2) is 8.60 Å². The molecule has 5 heteroatoms. The highest BCUT2D eigenvalue weighted by Crippen LogP contribution is 2.17. The molecule has 1 atom stereocenters. The van der Waals surface area contributed by atoms with E-state index >= 15 is 0 Å². The maximum atomic E-state index is 13.9. The number of rotatable bonds is 7. The SMILES string of the molecule is CCN(CCCc1ccc(S(=O)O)cc1F)c1ccccc1. The number of benzene rings is 2. The molecule has 2 aromatic carbocycles. The standard InChI is InChI=1S/C17H20FNO2S/c1-2-19(15-8-4-3-5-9-15)12-6-7-14-10-11-16(22(20)21)13-17(14)18/h3-5,8-11,13H,2,6-7,12H2,1H3,(H,20,21). The minimum atomic E-state index is -2.14. The second-order valence-electron chi connectivity index (χ2n) is 5.02. The first-order chi connectivity index (χ1) is 10.6. The van der Waals surface area contributed by atoms with Gasteiger partial charge >= 0.3 is 0 Å². The van der Waals surface area contributed by atoms with E-state index in [-0.39, 0.29) is 4.90 Å². The van der Waals surface area contributed by atoms with Crippen LogP contribution in [0.3, 0.4) is 0 Å². The molecular weight excluding hydrogens is 301 g/mol. The quantitative estimate of drug-likeness (QED) is 0.787. The summed E-state index contributed by atoms with van der Waals surface area (Å²) in [6.45, 7) is 3.83. The molecule has 0 radical (unpaired) electrons. The summed E-state index contributed by atoms with van der Waals surface area (Å²) < 4.78 is 33.7. The van der Waals surface area contributed by atoms with E-state index < -0.39 is 16.9 Å². The monoisotopic (exact) mass is 321 g/mol. The number of anilines is 1. The number of hydrogen-bond acceptors (Lipinski definition) is 2. The van der Waals surface area contributed by atoms with Gasteiger partial charge in [0.05, 0.1) is 4.90 Å². The van der Waals surface area contributed by atoms with E-state index in [4.69, 9.17) is 4.55 Å². The number of aryl methyl sites for hydroxylation is 1. The summed E-state index contributed by atoms with van der Waals surface area (Å²) in [7, 11) is 0. The lowest BCUT2D eigenvalue weighted by atomic mass is 10.1. The fourth-order valence-corrected chi connectivity index (χ4v) is 2.80. The fourth-order valence-electron chi connectivity index (χ4n) is 2.41. The van der Waals surface area contributed by atoms with Crippen LogP contribution in [0.4, 0.5) is 10.1 Å². The van der Waals surface area contributed by atoms with E-state index in [0.717, 1.165) is 31.3 Å². The zero-order chi connectivity index (χ0) is 15.9. The lowest BCUT2D eigenvalue weighted by molar-refractivity contribution is 0.559. The Morgan fingerprint density at radius 2 is 1.91 bits per heavy atom. The van der Waals surface area contributed by atoms with Crippen molar-refractivity contribution in [1.29, 1.82) is 0 Å². The van der Waals surface area contributed by atoms with Crippen molar-refractivity contribution in [2.75, 3.05) is 18.0 Å². The van der Waals surface area contributed by atoms with Gasteiger partial charge in [0.2, 0.25) is 0 Å². The number of para-hydroxylation sites is 1. The Hall–Kier alpha value is -1.72. The molecule has 22 heavy (non-hydrogen) atoms. The molecule has 0 aliphatic heterocycles. The van der Waals surface area contributed by atoms with Crippen LogP contribution in [0.5, 0.6) is 0 Å². The van der Waals surface area contributed by atoms with Crippen molar-refractivity contribution in [3.8, 4) is 0 Å². The summed E-state index contributed by atoms with van der Waals surface area (Å²) in [4.78, 5) is 2.34. The molecule has 3 nitrogen and oxygen atoms in total. The number of nitrogens with zero attached hydrogens (tertiary/aromatic N) is 1. The van der Waals surface area contributed by atoms with E-state index in [1.54, 1.807) is 6.07 Å². The summed E-state index contributed by atoms with van der Waals surface area (Å²) in [6.07, 6.45) is 1.43. The summed E-state index contributed by atoms with van der Waals surface area (Å²) in [5.41, 5.74) is 1.75. The summed E-state index contributed by atoms with van der Waals surface area (Å²) in [5, 5.41) is 0. The second-order valence-corrected chi connectivity index (χ2v) is 5.99. The highest BCUT2D eigenvalue weighted by atomic mass is 32.2. The first-order valence-corrected chi connectivity index (χ1v) is 8.41. The molecule has 0 amide bonds. The van der Waals surface area contributed by atoms with Crippen molar-refractivity contribution >= 4 is 16.8 Å². The molecule has 0 fully saturated rings. The van der Waals surface area contributed by atoms with Crippen molar-refractivity contribution in [2.24, 2.45) is 0 Å². The highest BCUT2D eigenvalue weighted by Gasteiger charge is 2.08. The third kappa shape index (κ3) is 4.39. The van der Waals surface area contributed by atoms with Gasteiger partial charge < -0.3 is 9.45 Å². The Balaban J connectivity index is 1.94. The fraction of sp³-hybridized carbons (Fsp3) is 0.294. The van der Waals surface area contributed by atoms with E-state index in [2.05, 4.69) is 24.0 Å². The molecule has 0 saturated carbocycles. The first kappa shape index (κ1) is 16.6. The number of hydrogen-bond donors (Lipinski definition) is 1. The Morgan fingerprint density at radius 3 is 2.50 bits per heavy atom. The smallest absolute Gasteiger partial charge is 0.186 e. The van der Waals surface area contributed by atoms with Gasteiger partial charge in [0.1, 0.15) is 5.82 Å². The Morgan fingerprint density at radius 1 is 1.18 bits per heavy atom. The maximum Gasteiger partial charge on any atom is 0.186 e. The maximum absolute atomic E-state index is 13.9. The van der Waals surface area contributed by atoms with Crippen LogP contribution in [-0.2, 0) is 17.5 Å². The zero-order valence-corrected chi connectivity index (χ0v) is 13.4. The minimum absolute atomic E-state index is 0.0979. The van der Waals surface area contributed by atoms with Crippen LogP contribution in [0.15, 0.2) is 53.4 Å². The molecular formula is C17H20FNO2S. The van der Waals surface area contributed by atoms with Crippen LogP contribution < -0.4 is 4.90 Å². The van der Waals surface area contributed by atoms with Gasteiger partial charge in [-0.15, -0.1) is 0 Å². The normalized spacial score (nSPS) is 12.1. The molecule has 1 N–H and O–H groups in total. The summed E-state index contributed by atoms with van der Waals surface area (Å²) in [6, 6.07) is 14.4. The Labute approximate surface area is 133 Å². The molecule has 0 aliphatic rings.